The second-order valence-corrected chi connectivity index (χ2v) is 9.81. The molecule has 1 amide bonds. The van der Waals surface area contributed by atoms with Gasteiger partial charge in [-0.05, 0) is 25.0 Å². The Balaban J connectivity index is 1.35. The van der Waals surface area contributed by atoms with Gasteiger partial charge < -0.3 is 29.7 Å². The largest absolute Gasteiger partial charge is 0.465 e. The number of hydrogen-bond donors (Lipinski definition) is 3. The molecule has 0 bridgehead atoms. The van der Waals surface area contributed by atoms with Crippen molar-refractivity contribution in [3.63, 3.8) is 0 Å². The maximum absolute atomic E-state index is 13.8. The van der Waals surface area contributed by atoms with Crippen molar-refractivity contribution >= 4 is 6.09 Å². The van der Waals surface area contributed by atoms with Crippen molar-refractivity contribution in [2.75, 3.05) is 26.8 Å². The fourth-order valence-corrected chi connectivity index (χ4v) is 5.30. The number of aromatic nitrogens is 6. The summed E-state index contributed by atoms with van der Waals surface area (Å²) < 4.78 is 55.6. The lowest BCUT2D eigenvalue weighted by molar-refractivity contribution is -0.212. The summed E-state index contributed by atoms with van der Waals surface area (Å²) in [5.74, 6) is -4.37. The Morgan fingerprint density at radius 1 is 1.07 bits per heavy atom. The zero-order valence-corrected chi connectivity index (χ0v) is 21.3. The highest BCUT2D eigenvalue weighted by Gasteiger charge is 2.47. The Labute approximate surface area is 225 Å². The van der Waals surface area contributed by atoms with Gasteiger partial charge in [-0.2, -0.15) is 0 Å². The Morgan fingerprint density at radius 2 is 1.75 bits per heavy atom. The summed E-state index contributed by atoms with van der Waals surface area (Å²) in [5, 5.41) is 46.4. The molecule has 16 heteroatoms. The molecule has 2 aliphatic rings. The van der Waals surface area contributed by atoms with Crippen molar-refractivity contribution in [1.29, 1.82) is 0 Å². The van der Waals surface area contributed by atoms with Crippen LogP contribution >= 0.6 is 0 Å². The summed E-state index contributed by atoms with van der Waals surface area (Å²) in [6, 6.07) is 0.633. The maximum atomic E-state index is 13.8. The number of aliphatic hydroxyl groups is 2. The van der Waals surface area contributed by atoms with Gasteiger partial charge in [0.2, 0.25) is 0 Å². The van der Waals surface area contributed by atoms with Gasteiger partial charge in [0.25, 0.3) is 0 Å². The Bertz CT molecular complexity index is 1320. The molecule has 2 aliphatic heterocycles. The summed E-state index contributed by atoms with van der Waals surface area (Å²) in [6.45, 7) is 0.262. The molecule has 0 unspecified atom stereocenters. The van der Waals surface area contributed by atoms with Gasteiger partial charge in [-0.15, -0.1) is 10.2 Å². The van der Waals surface area contributed by atoms with Crippen LogP contribution in [0.25, 0.3) is 11.3 Å². The van der Waals surface area contributed by atoms with Gasteiger partial charge >= 0.3 is 6.09 Å². The second-order valence-electron chi connectivity index (χ2n) is 9.81. The standard InChI is InChI=1S/C24H28F3N7O6/c1-39-23-18(8-13-9-33(30-28-13)14-2-4-32(5-3-14)24(37)38)40-19(11-35)22(36)21(23)34-10-17(29-31-34)12-6-15(25)20(27)16(26)7-12/h6-7,9-10,14,18-19,21-23,35-36H,2-5,8,11H2,1H3,(H,37,38)/t18-,19-,21+,22+,23+/m1/s1. The predicted octanol–water partition coefficient (Wildman–Crippen LogP) is 1.19. The van der Waals surface area contributed by atoms with Gasteiger partial charge in [0.05, 0.1) is 30.6 Å². The van der Waals surface area contributed by atoms with Crippen molar-refractivity contribution in [3.8, 4) is 11.3 Å². The number of rotatable bonds is 7. The lowest BCUT2D eigenvalue weighted by Gasteiger charge is -2.43. The van der Waals surface area contributed by atoms with Crippen LogP contribution in [0, 0.1) is 17.5 Å². The number of likely N-dealkylation sites (tertiary alicyclic amines) is 1. The van der Waals surface area contributed by atoms with E-state index in [2.05, 4.69) is 20.6 Å². The number of methoxy groups -OCH3 is 1. The monoisotopic (exact) mass is 567 g/mol. The fraction of sp³-hybridized carbons (Fsp3) is 0.542. The SMILES string of the molecule is CO[C@@H]1[C@@H](n2cc(-c3cc(F)c(F)c(F)c3)nn2)[C@@H](O)[C@@H](CO)O[C@@H]1Cc1cn(C2CCN(C(=O)O)CC2)nn1. The summed E-state index contributed by atoms with van der Waals surface area (Å²) in [7, 11) is 1.41. The lowest BCUT2D eigenvalue weighted by atomic mass is 9.90. The third kappa shape index (κ3) is 5.39. The van der Waals surface area contributed by atoms with E-state index in [9.17, 15) is 28.2 Å². The van der Waals surface area contributed by atoms with Crippen molar-refractivity contribution in [3.05, 3.63) is 47.7 Å². The van der Waals surface area contributed by atoms with E-state index in [1.54, 1.807) is 10.9 Å². The van der Waals surface area contributed by atoms with E-state index in [1.165, 1.54) is 22.9 Å². The molecule has 3 N–H and O–H groups in total. The number of hydrogen-bond acceptors (Lipinski definition) is 9. The van der Waals surface area contributed by atoms with E-state index in [-0.39, 0.29) is 23.7 Å². The zero-order chi connectivity index (χ0) is 28.6. The Hall–Kier alpha value is -3.60. The number of halogens is 3. The number of aliphatic hydroxyl groups excluding tert-OH is 2. The number of piperidine rings is 1. The normalized spacial score (nSPS) is 25.9. The second kappa shape index (κ2) is 11.5. The van der Waals surface area contributed by atoms with Crippen molar-refractivity contribution in [2.45, 2.75) is 55.8 Å². The molecule has 4 heterocycles. The first-order valence-corrected chi connectivity index (χ1v) is 12.6. The molecule has 2 aromatic heterocycles. The highest BCUT2D eigenvalue weighted by Crippen LogP contribution is 2.34. The van der Waals surface area contributed by atoms with Crippen LogP contribution in [0.3, 0.4) is 0 Å². The van der Waals surface area contributed by atoms with Crippen LogP contribution < -0.4 is 0 Å². The lowest BCUT2D eigenvalue weighted by Crippen LogP contribution is -2.57. The minimum Gasteiger partial charge on any atom is -0.465 e. The van der Waals surface area contributed by atoms with Gasteiger partial charge in [0, 0.05) is 38.4 Å². The number of carboxylic acid groups (broad SMARTS) is 1. The maximum Gasteiger partial charge on any atom is 0.407 e. The van der Waals surface area contributed by atoms with Gasteiger partial charge in [-0.1, -0.05) is 10.4 Å². The van der Waals surface area contributed by atoms with Crippen LogP contribution in [-0.4, -0.2) is 108 Å². The van der Waals surface area contributed by atoms with Crippen LogP contribution in [0.5, 0.6) is 0 Å². The van der Waals surface area contributed by atoms with E-state index in [4.69, 9.17) is 14.6 Å². The van der Waals surface area contributed by atoms with Crippen molar-refractivity contribution < 1.29 is 42.8 Å². The van der Waals surface area contributed by atoms with Gasteiger partial charge in [-0.25, -0.2) is 27.3 Å². The van der Waals surface area contributed by atoms with E-state index < -0.39 is 60.6 Å². The Kier molecular flexibility index (Phi) is 8.02. The number of amides is 1. The highest BCUT2D eigenvalue weighted by atomic mass is 19.2. The molecule has 3 aromatic rings. The van der Waals surface area contributed by atoms with Crippen LogP contribution in [-0.2, 0) is 15.9 Å². The van der Waals surface area contributed by atoms with Crippen LogP contribution in [0.1, 0.15) is 30.6 Å². The van der Waals surface area contributed by atoms with Crippen molar-refractivity contribution in [2.24, 2.45) is 0 Å². The molecule has 1 aromatic carbocycles. The molecule has 0 spiro atoms. The summed E-state index contributed by atoms with van der Waals surface area (Å²) >= 11 is 0. The van der Waals surface area contributed by atoms with Gasteiger partial charge in [-0.3, -0.25) is 0 Å². The summed E-state index contributed by atoms with van der Waals surface area (Å²) in [4.78, 5) is 12.5. The Morgan fingerprint density at radius 3 is 2.38 bits per heavy atom. The quantitative estimate of drug-likeness (QED) is 0.354. The van der Waals surface area contributed by atoms with Crippen molar-refractivity contribution in [1.82, 2.24) is 34.9 Å². The fourth-order valence-electron chi connectivity index (χ4n) is 5.30. The topological polar surface area (TPSA) is 161 Å². The molecule has 0 radical (unpaired) electrons. The van der Waals surface area contributed by atoms with Gasteiger partial charge in [0.15, 0.2) is 17.5 Å². The van der Waals surface area contributed by atoms with Crippen LogP contribution in [0.2, 0.25) is 0 Å². The first-order chi connectivity index (χ1) is 19.2. The molecule has 0 aliphatic carbocycles. The average molecular weight is 568 g/mol. The minimum absolute atomic E-state index is 0.0168. The van der Waals surface area contributed by atoms with Crippen LogP contribution in [0.4, 0.5) is 18.0 Å². The molecule has 5 atom stereocenters. The van der Waals surface area contributed by atoms with E-state index in [0.717, 1.165) is 12.1 Å². The number of ether oxygens (including phenoxy) is 2. The first-order valence-electron chi connectivity index (χ1n) is 12.6. The van der Waals surface area contributed by atoms with E-state index in [0.29, 0.717) is 31.6 Å². The predicted molar refractivity (Wildman–Crippen MR) is 129 cm³/mol. The third-order valence-corrected chi connectivity index (χ3v) is 7.41. The van der Waals surface area contributed by atoms with Gasteiger partial charge in [0.1, 0.15) is 30.0 Å². The molecular formula is C24H28F3N7O6. The van der Waals surface area contributed by atoms with E-state index in [1.807, 2.05) is 0 Å². The smallest absolute Gasteiger partial charge is 0.407 e. The molecule has 40 heavy (non-hydrogen) atoms. The molecule has 216 valence electrons. The first kappa shape index (κ1) is 27.9. The summed E-state index contributed by atoms with van der Waals surface area (Å²) in [6.07, 6.45) is -0.352. The molecule has 5 rings (SSSR count). The van der Waals surface area contributed by atoms with Crippen LogP contribution in [0.15, 0.2) is 24.5 Å². The number of benzene rings is 1. The highest BCUT2D eigenvalue weighted by molar-refractivity contribution is 5.65. The molecular weight excluding hydrogens is 539 g/mol. The molecule has 13 nitrogen and oxygen atoms in total. The molecule has 2 saturated heterocycles. The molecule has 0 saturated carbocycles. The minimum atomic E-state index is -1.60. The number of carbonyl (C=O) groups is 1. The van der Waals surface area contributed by atoms with E-state index >= 15 is 0 Å². The summed E-state index contributed by atoms with van der Waals surface area (Å²) in [5.41, 5.74) is 0.524. The number of nitrogens with zero attached hydrogens (tertiary/aromatic N) is 7. The zero-order valence-electron chi connectivity index (χ0n) is 21.3. The third-order valence-electron chi connectivity index (χ3n) is 7.41. The average Bonchev–Trinajstić information content (AvgIpc) is 3.62. The molecule has 2 fully saturated rings.